The lowest BCUT2D eigenvalue weighted by Gasteiger charge is -2.14. The maximum Gasteiger partial charge on any atom is 0.387 e. The van der Waals surface area contributed by atoms with Crippen molar-refractivity contribution in [1.29, 1.82) is 0 Å². The first-order valence-electron chi connectivity index (χ1n) is 9.99. The van der Waals surface area contributed by atoms with Gasteiger partial charge in [-0.25, -0.2) is 0 Å². The van der Waals surface area contributed by atoms with E-state index in [9.17, 15) is 8.78 Å². The van der Waals surface area contributed by atoms with Crippen molar-refractivity contribution in [2.24, 2.45) is 5.92 Å². The van der Waals surface area contributed by atoms with E-state index in [1.54, 1.807) is 12.1 Å². The van der Waals surface area contributed by atoms with Gasteiger partial charge >= 0.3 is 6.61 Å². The quantitative estimate of drug-likeness (QED) is 0.492. The van der Waals surface area contributed by atoms with Crippen molar-refractivity contribution in [1.82, 2.24) is 9.78 Å². The first-order valence-corrected chi connectivity index (χ1v) is 9.99. The lowest BCUT2D eigenvalue weighted by molar-refractivity contribution is -0.0515. The van der Waals surface area contributed by atoms with Gasteiger partial charge in [0.25, 0.3) is 0 Å². The van der Waals surface area contributed by atoms with Crippen molar-refractivity contribution in [2.75, 3.05) is 25.6 Å². The van der Waals surface area contributed by atoms with Crippen LogP contribution >= 0.6 is 0 Å². The highest BCUT2D eigenvalue weighted by atomic mass is 19.3. The Morgan fingerprint density at radius 2 is 1.93 bits per heavy atom. The zero-order valence-corrected chi connectivity index (χ0v) is 17.1. The van der Waals surface area contributed by atoms with Crippen LogP contribution in [-0.4, -0.2) is 37.1 Å². The van der Waals surface area contributed by atoms with Crippen LogP contribution in [0.25, 0.3) is 11.3 Å². The average molecular weight is 413 g/mol. The molecule has 0 radical (unpaired) electrons. The van der Waals surface area contributed by atoms with Crippen LogP contribution < -0.4 is 14.4 Å². The number of nitrogens with zero attached hydrogens (tertiary/aromatic N) is 3. The van der Waals surface area contributed by atoms with Gasteiger partial charge in [0.1, 0.15) is 0 Å². The molecule has 4 rings (SSSR count). The van der Waals surface area contributed by atoms with E-state index >= 15 is 0 Å². The summed E-state index contributed by atoms with van der Waals surface area (Å²) in [5, 5.41) is 4.67. The topological polar surface area (TPSA) is 39.5 Å². The normalized spacial score (nSPS) is 13.5. The van der Waals surface area contributed by atoms with Crippen LogP contribution in [-0.2, 0) is 6.54 Å². The zero-order chi connectivity index (χ0) is 21.1. The minimum atomic E-state index is -2.88. The number of halogens is 2. The first kappa shape index (κ1) is 20.2. The number of benzene rings is 2. The average Bonchev–Trinajstić information content (AvgIpc) is 3.44. The minimum Gasteiger partial charge on any atom is -0.489 e. The molecule has 1 aliphatic rings. The number of ether oxygens (including phenoxy) is 2. The number of hydrogen-bond donors (Lipinski definition) is 0. The largest absolute Gasteiger partial charge is 0.489 e. The standard InChI is InChI=1S/C23H25F2N3O2/c1-27(2)19-5-3-4-18(13-19)20-10-11-28(26-20)14-17-8-9-21(30-23(24)25)22(12-17)29-15-16-6-7-16/h3-5,8-13,16,23H,6-7,14-15H2,1-2H3. The van der Waals surface area contributed by atoms with E-state index in [0.717, 1.165) is 35.3 Å². The van der Waals surface area contributed by atoms with Crippen molar-refractivity contribution in [3.05, 3.63) is 60.3 Å². The number of hydrogen-bond acceptors (Lipinski definition) is 4. The van der Waals surface area contributed by atoms with Crippen LogP contribution in [0.15, 0.2) is 54.7 Å². The maximum atomic E-state index is 12.7. The summed E-state index contributed by atoms with van der Waals surface area (Å²) in [6.07, 6.45) is 4.15. The smallest absolute Gasteiger partial charge is 0.387 e. The Balaban J connectivity index is 1.51. The second kappa shape index (κ2) is 8.73. The summed E-state index contributed by atoms with van der Waals surface area (Å²) in [5.41, 5.74) is 3.92. The Bertz CT molecular complexity index is 1000. The molecule has 1 heterocycles. The second-order valence-electron chi connectivity index (χ2n) is 7.76. The third-order valence-electron chi connectivity index (χ3n) is 5.04. The molecule has 2 aromatic carbocycles. The number of alkyl halides is 2. The van der Waals surface area contributed by atoms with Gasteiger partial charge in [0.15, 0.2) is 11.5 Å². The fourth-order valence-corrected chi connectivity index (χ4v) is 3.18. The fourth-order valence-electron chi connectivity index (χ4n) is 3.18. The van der Waals surface area contributed by atoms with Crippen LogP contribution in [0, 0.1) is 5.92 Å². The van der Waals surface area contributed by atoms with Crippen LogP contribution in [0.1, 0.15) is 18.4 Å². The van der Waals surface area contributed by atoms with Crippen molar-refractivity contribution in [2.45, 2.75) is 26.0 Å². The number of rotatable bonds is 9. The van der Waals surface area contributed by atoms with Gasteiger partial charge in [0.2, 0.25) is 0 Å². The highest BCUT2D eigenvalue weighted by Crippen LogP contribution is 2.34. The summed E-state index contributed by atoms with van der Waals surface area (Å²) in [5.74, 6) is 0.932. The Hall–Kier alpha value is -3.09. The molecule has 0 bridgehead atoms. The minimum absolute atomic E-state index is 0.0658. The Labute approximate surface area is 174 Å². The van der Waals surface area contributed by atoms with Gasteiger partial charge in [-0.2, -0.15) is 13.9 Å². The van der Waals surface area contributed by atoms with Gasteiger partial charge in [-0.15, -0.1) is 0 Å². The zero-order valence-electron chi connectivity index (χ0n) is 17.1. The first-order chi connectivity index (χ1) is 14.5. The molecule has 0 aliphatic heterocycles. The lowest BCUT2D eigenvalue weighted by Crippen LogP contribution is -2.08. The predicted octanol–water partition coefficient (Wildman–Crippen LogP) is 5.05. The Kier molecular flexibility index (Phi) is 5.88. The molecule has 0 atom stereocenters. The van der Waals surface area contributed by atoms with Gasteiger partial charge in [-0.1, -0.05) is 18.2 Å². The Morgan fingerprint density at radius 1 is 1.10 bits per heavy atom. The molecule has 0 saturated heterocycles. The molecule has 0 spiro atoms. The molecular formula is C23H25F2N3O2. The van der Waals surface area contributed by atoms with Crippen molar-refractivity contribution < 1.29 is 18.3 Å². The number of aromatic nitrogens is 2. The Morgan fingerprint density at radius 3 is 2.67 bits per heavy atom. The maximum absolute atomic E-state index is 12.7. The van der Waals surface area contributed by atoms with E-state index in [0.29, 0.717) is 24.8 Å². The van der Waals surface area contributed by atoms with Crippen LogP contribution in [0.2, 0.25) is 0 Å². The molecule has 1 saturated carbocycles. The highest BCUT2D eigenvalue weighted by Gasteiger charge is 2.23. The van der Waals surface area contributed by atoms with Gasteiger partial charge in [-0.3, -0.25) is 4.68 Å². The summed E-state index contributed by atoms with van der Waals surface area (Å²) < 4.78 is 37.6. The van der Waals surface area contributed by atoms with Crippen molar-refractivity contribution >= 4 is 5.69 Å². The highest BCUT2D eigenvalue weighted by molar-refractivity contribution is 5.65. The van der Waals surface area contributed by atoms with Crippen molar-refractivity contribution in [3.8, 4) is 22.8 Å². The van der Waals surface area contributed by atoms with E-state index in [2.05, 4.69) is 15.9 Å². The summed E-state index contributed by atoms with van der Waals surface area (Å²) in [6, 6.07) is 15.2. The molecule has 3 aromatic rings. The molecule has 1 fully saturated rings. The SMILES string of the molecule is CN(C)c1cccc(-c2ccn(Cc3ccc(OC(F)F)c(OCC4CC4)c3)n2)c1. The van der Waals surface area contributed by atoms with E-state index < -0.39 is 6.61 Å². The van der Waals surface area contributed by atoms with E-state index in [1.807, 2.05) is 54.1 Å². The van der Waals surface area contributed by atoms with Crippen LogP contribution in [0.3, 0.4) is 0 Å². The molecule has 0 unspecified atom stereocenters. The molecule has 1 aromatic heterocycles. The monoisotopic (exact) mass is 413 g/mol. The fraction of sp³-hybridized carbons (Fsp3) is 0.348. The van der Waals surface area contributed by atoms with Gasteiger partial charge in [0, 0.05) is 31.5 Å². The third kappa shape index (κ3) is 5.09. The molecule has 158 valence electrons. The summed E-state index contributed by atoms with van der Waals surface area (Å²) >= 11 is 0. The van der Waals surface area contributed by atoms with Crippen LogP contribution in [0.5, 0.6) is 11.5 Å². The lowest BCUT2D eigenvalue weighted by atomic mass is 10.1. The summed E-state index contributed by atoms with van der Waals surface area (Å²) in [4.78, 5) is 2.05. The molecule has 5 nitrogen and oxygen atoms in total. The van der Waals surface area contributed by atoms with E-state index in [1.165, 1.54) is 6.07 Å². The predicted molar refractivity (Wildman–Crippen MR) is 112 cm³/mol. The van der Waals surface area contributed by atoms with Gasteiger partial charge in [0.05, 0.1) is 18.8 Å². The van der Waals surface area contributed by atoms with Crippen LogP contribution in [0.4, 0.5) is 14.5 Å². The van der Waals surface area contributed by atoms with E-state index in [4.69, 9.17) is 4.74 Å². The second-order valence-corrected chi connectivity index (χ2v) is 7.76. The molecule has 1 aliphatic carbocycles. The molecular weight excluding hydrogens is 388 g/mol. The van der Waals surface area contributed by atoms with Gasteiger partial charge < -0.3 is 14.4 Å². The molecule has 0 N–H and O–H groups in total. The molecule has 7 heteroatoms. The molecule has 30 heavy (non-hydrogen) atoms. The van der Waals surface area contributed by atoms with Gasteiger partial charge in [-0.05, 0) is 54.7 Å². The van der Waals surface area contributed by atoms with E-state index in [-0.39, 0.29) is 5.75 Å². The molecule has 0 amide bonds. The van der Waals surface area contributed by atoms with Crippen molar-refractivity contribution in [3.63, 3.8) is 0 Å². The number of anilines is 1. The summed E-state index contributed by atoms with van der Waals surface area (Å²) in [7, 11) is 4.00. The summed E-state index contributed by atoms with van der Waals surface area (Å²) in [6.45, 7) is -1.86. The third-order valence-corrected chi connectivity index (χ3v) is 5.04.